The average Bonchev–Trinajstić information content (AvgIpc) is 2.15. The number of nitriles is 1. The molecule has 82 valence electrons. The molecule has 0 amide bonds. The normalized spacial score (nSPS) is 11.1. The minimum Gasteiger partial charge on any atom is -0.212 e. The molecule has 0 spiro atoms. The Morgan fingerprint density at radius 1 is 1.21 bits per heavy atom. The van der Waals surface area contributed by atoms with Crippen LogP contribution in [0.25, 0.3) is 0 Å². The summed E-state index contributed by atoms with van der Waals surface area (Å²) in [5.41, 5.74) is 0. The predicted molar refractivity (Wildman–Crippen MR) is 56.2 cm³/mol. The Labute approximate surface area is 86.4 Å². The Bertz CT molecular complexity index is 267. The highest BCUT2D eigenvalue weighted by Gasteiger charge is 2.07. The van der Waals surface area contributed by atoms with Gasteiger partial charge in [0.25, 0.3) is 0 Å². The maximum absolute atomic E-state index is 11.2. The van der Waals surface area contributed by atoms with E-state index in [0.29, 0.717) is 6.42 Å². The highest BCUT2D eigenvalue weighted by atomic mass is 32.2. The van der Waals surface area contributed by atoms with Crippen molar-refractivity contribution in [1.29, 1.82) is 5.26 Å². The van der Waals surface area contributed by atoms with Crippen LogP contribution < -0.4 is 4.72 Å². The van der Waals surface area contributed by atoms with Gasteiger partial charge in [0.2, 0.25) is 10.0 Å². The number of hydrogen-bond donors (Lipinski definition) is 1. The number of nitrogens with one attached hydrogen (secondary N) is 1. The van der Waals surface area contributed by atoms with Gasteiger partial charge < -0.3 is 0 Å². The highest BCUT2D eigenvalue weighted by molar-refractivity contribution is 7.89. The molecule has 0 unspecified atom stereocenters. The topological polar surface area (TPSA) is 70.0 Å². The first-order chi connectivity index (χ1) is 6.62. The Morgan fingerprint density at radius 3 is 2.43 bits per heavy atom. The predicted octanol–water partition coefficient (Wildman–Crippen LogP) is 1.40. The van der Waals surface area contributed by atoms with Crippen LogP contribution in [0.15, 0.2) is 0 Å². The average molecular weight is 218 g/mol. The van der Waals surface area contributed by atoms with Gasteiger partial charge >= 0.3 is 0 Å². The van der Waals surface area contributed by atoms with E-state index < -0.39 is 10.0 Å². The molecule has 0 saturated heterocycles. The van der Waals surface area contributed by atoms with Crippen LogP contribution in [0, 0.1) is 11.3 Å². The van der Waals surface area contributed by atoms with Crippen molar-refractivity contribution in [3.05, 3.63) is 0 Å². The van der Waals surface area contributed by atoms with Crippen molar-refractivity contribution in [2.24, 2.45) is 0 Å². The van der Waals surface area contributed by atoms with E-state index in [9.17, 15) is 8.42 Å². The molecule has 0 fully saturated rings. The summed E-state index contributed by atoms with van der Waals surface area (Å²) >= 11 is 0. The van der Waals surface area contributed by atoms with Crippen molar-refractivity contribution in [3.8, 4) is 6.07 Å². The zero-order valence-electron chi connectivity index (χ0n) is 8.62. The molecule has 0 aromatic carbocycles. The van der Waals surface area contributed by atoms with E-state index in [1.54, 1.807) is 6.07 Å². The number of unbranched alkanes of at least 4 members (excludes halogenated alkanes) is 4. The monoisotopic (exact) mass is 218 g/mol. The summed E-state index contributed by atoms with van der Waals surface area (Å²) in [6.45, 7) is 1.99. The van der Waals surface area contributed by atoms with E-state index in [0.717, 1.165) is 25.7 Å². The SMILES string of the molecule is CCCCCCCS(=O)(=O)NCC#N. The molecule has 0 aliphatic rings. The second-order valence-electron chi connectivity index (χ2n) is 3.21. The summed E-state index contributed by atoms with van der Waals surface area (Å²) in [4.78, 5) is 0. The molecule has 0 aliphatic carbocycles. The third-order valence-corrected chi connectivity index (χ3v) is 3.30. The number of rotatable bonds is 8. The summed E-state index contributed by atoms with van der Waals surface area (Å²) in [5.74, 6) is 0.137. The first kappa shape index (κ1) is 13.4. The molecule has 0 aliphatic heterocycles. The van der Waals surface area contributed by atoms with Gasteiger partial charge in [0, 0.05) is 0 Å². The lowest BCUT2D eigenvalue weighted by Crippen LogP contribution is -2.26. The van der Waals surface area contributed by atoms with Crippen LogP contribution in [0.3, 0.4) is 0 Å². The Kier molecular flexibility index (Phi) is 7.44. The van der Waals surface area contributed by atoms with Gasteiger partial charge in [-0.3, -0.25) is 0 Å². The molecular weight excluding hydrogens is 200 g/mol. The molecule has 0 rings (SSSR count). The van der Waals surface area contributed by atoms with E-state index in [1.807, 2.05) is 0 Å². The first-order valence-corrected chi connectivity index (χ1v) is 6.62. The standard InChI is InChI=1S/C9H18N2O2S/c1-2-3-4-5-6-9-14(12,13)11-8-7-10/h11H,2-6,8-9H2,1H3. The van der Waals surface area contributed by atoms with E-state index in [-0.39, 0.29) is 12.3 Å². The first-order valence-electron chi connectivity index (χ1n) is 4.96. The number of hydrogen-bond acceptors (Lipinski definition) is 3. The smallest absolute Gasteiger partial charge is 0.212 e. The number of nitrogens with zero attached hydrogens (tertiary/aromatic N) is 1. The maximum atomic E-state index is 11.2. The molecule has 0 aromatic heterocycles. The molecular formula is C9H18N2O2S. The maximum Gasteiger partial charge on any atom is 0.212 e. The van der Waals surface area contributed by atoms with Crippen molar-refractivity contribution in [1.82, 2.24) is 4.72 Å². The molecule has 4 nitrogen and oxygen atoms in total. The van der Waals surface area contributed by atoms with Gasteiger partial charge in [-0.05, 0) is 6.42 Å². The summed E-state index contributed by atoms with van der Waals surface area (Å²) in [6.07, 6.45) is 5.03. The van der Waals surface area contributed by atoms with Crippen molar-refractivity contribution >= 4 is 10.0 Å². The third kappa shape index (κ3) is 8.02. The highest BCUT2D eigenvalue weighted by Crippen LogP contribution is 2.03. The van der Waals surface area contributed by atoms with Gasteiger partial charge in [0.15, 0.2) is 0 Å². The van der Waals surface area contributed by atoms with Crippen molar-refractivity contribution < 1.29 is 8.42 Å². The molecule has 1 N–H and O–H groups in total. The number of sulfonamides is 1. The van der Waals surface area contributed by atoms with E-state index in [1.165, 1.54) is 0 Å². The Balaban J connectivity index is 3.52. The van der Waals surface area contributed by atoms with Crippen LogP contribution in [-0.2, 0) is 10.0 Å². The molecule has 0 aromatic rings. The fraction of sp³-hybridized carbons (Fsp3) is 0.889. The molecule has 14 heavy (non-hydrogen) atoms. The lowest BCUT2D eigenvalue weighted by Gasteiger charge is -2.02. The lowest BCUT2D eigenvalue weighted by atomic mass is 10.2. The summed E-state index contributed by atoms with van der Waals surface area (Å²) in [6, 6.07) is 1.74. The third-order valence-electron chi connectivity index (χ3n) is 1.89. The fourth-order valence-corrected chi connectivity index (χ4v) is 2.12. The van der Waals surface area contributed by atoms with Gasteiger partial charge in [-0.2, -0.15) is 5.26 Å². The summed E-state index contributed by atoms with van der Waals surface area (Å²) < 4.78 is 24.5. The lowest BCUT2D eigenvalue weighted by molar-refractivity contribution is 0.577. The Morgan fingerprint density at radius 2 is 1.86 bits per heavy atom. The van der Waals surface area contributed by atoms with Crippen LogP contribution >= 0.6 is 0 Å². The quantitative estimate of drug-likeness (QED) is 0.494. The molecule has 0 heterocycles. The zero-order chi connectivity index (χ0) is 10.9. The molecule has 0 radical (unpaired) electrons. The van der Waals surface area contributed by atoms with Crippen LogP contribution in [-0.4, -0.2) is 20.7 Å². The largest absolute Gasteiger partial charge is 0.212 e. The second-order valence-corrected chi connectivity index (χ2v) is 5.14. The van der Waals surface area contributed by atoms with Gasteiger partial charge in [0.05, 0.1) is 18.4 Å². The van der Waals surface area contributed by atoms with Crippen LogP contribution in [0.1, 0.15) is 39.0 Å². The van der Waals surface area contributed by atoms with Gasteiger partial charge in [-0.25, -0.2) is 13.1 Å². The second kappa shape index (κ2) is 7.77. The fourth-order valence-electron chi connectivity index (χ4n) is 1.11. The summed E-state index contributed by atoms with van der Waals surface area (Å²) in [7, 11) is -3.20. The van der Waals surface area contributed by atoms with Crippen LogP contribution in [0.4, 0.5) is 0 Å². The van der Waals surface area contributed by atoms with E-state index in [4.69, 9.17) is 5.26 Å². The van der Waals surface area contributed by atoms with Crippen molar-refractivity contribution in [3.63, 3.8) is 0 Å². The minimum absolute atomic E-state index is 0.128. The van der Waals surface area contributed by atoms with Crippen LogP contribution in [0.2, 0.25) is 0 Å². The Hall–Kier alpha value is -0.600. The molecule has 0 saturated carbocycles. The molecule has 5 heteroatoms. The summed E-state index contributed by atoms with van der Waals surface area (Å²) in [5, 5.41) is 8.19. The molecule has 0 atom stereocenters. The van der Waals surface area contributed by atoms with E-state index >= 15 is 0 Å². The van der Waals surface area contributed by atoms with Gasteiger partial charge in [-0.1, -0.05) is 32.6 Å². The van der Waals surface area contributed by atoms with Crippen molar-refractivity contribution in [2.75, 3.05) is 12.3 Å². The zero-order valence-corrected chi connectivity index (χ0v) is 9.44. The minimum atomic E-state index is -3.20. The van der Waals surface area contributed by atoms with Crippen LogP contribution in [0.5, 0.6) is 0 Å². The molecule has 0 bridgehead atoms. The van der Waals surface area contributed by atoms with Gasteiger partial charge in [0.1, 0.15) is 0 Å². The van der Waals surface area contributed by atoms with Gasteiger partial charge in [-0.15, -0.1) is 0 Å². The van der Waals surface area contributed by atoms with E-state index in [2.05, 4.69) is 11.6 Å². The van der Waals surface area contributed by atoms with Crippen molar-refractivity contribution in [2.45, 2.75) is 39.0 Å².